The van der Waals surface area contributed by atoms with Crippen LogP contribution in [0.4, 0.5) is 0 Å². The van der Waals surface area contributed by atoms with E-state index in [-0.39, 0.29) is 24.8 Å². The van der Waals surface area contributed by atoms with Crippen molar-refractivity contribution < 1.29 is 49.0 Å². The van der Waals surface area contributed by atoms with Gasteiger partial charge in [-0.1, -0.05) is 64.8 Å². The van der Waals surface area contributed by atoms with Crippen LogP contribution in [-0.2, 0) is 24.2 Å². The topological polar surface area (TPSA) is 0 Å². The van der Waals surface area contributed by atoms with Gasteiger partial charge in [0.1, 0.15) is 0 Å². The van der Waals surface area contributed by atoms with Crippen molar-refractivity contribution in [3.05, 3.63) is 82.9 Å². The van der Waals surface area contributed by atoms with E-state index in [1.54, 1.807) is 0 Å². The second-order valence-electron chi connectivity index (χ2n) is 8.08. The zero-order chi connectivity index (χ0) is 20.8. The Morgan fingerprint density at radius 2 is 1.00 bits per heavy atom. The molecule has 0 aliphatic rings. The maximum atomic E-state index is 3.34. The Morgan fingerprint density at radius 3 is 1.30 bits per heavy atom. The van der Waals surface area contributed by atoms with Gasteiger partial charge in [-0.25, -0.2) is 0 Å². The molecule has 0 amide bonds. The summed E-state index contributed by atoms with van der Waals surface area (Å²) in [5, 5.41) is 5.61. The Morgan fingerprint density at radius 1 is 0.667 bits per heavy atom. The molecule has 0 fully saturated rings. The van der Waals surface area contributed by atoms with Crippen molar-refractivity contribution in [3.8, 4) is 0 Å². The van der Waals surface area contributed by atoms with Crippen molar-refractivity contribution >= 4 is 25.8 Å². The second kappa shape index (κ2) is 13.4. The van der Waals surface area contributed by atoms with E-state index in [1.165, 1.54) is 68.0 Å². The molecule has 160 valence electrons. The molecule has 0 unspecified atom stereocenters. The van der Waals surface area contributed by atoms with Crippen LogP contribution in [0.2, 0.25) is 0 Å². The molecular weight excluding hydrogens is 486 g/mol. The van der Waals surface area contributed by atoms with Gasteiger partial charge in [-0.3, -0.25) is 0 Å². The standard InChI is InChI=1S/2C13H15.CH2.2ClH.Zr/c2*1-9(2)12-6-4-5-11-7-10(3)8-13(11)12;;;;/h2*4-9H,1-3H3;1H2;2*1H;/q2*-1;;;;+2/p-2. The van der Waals surface area contributed by atoms with E-state index in [1.807, 2.05) is 0 Å². The van der Waals surface area contributed by atoms with Crippen LogP contribution < -0.4 is 24.8 Å². The van der Waals surface area contributed by atoms with Crippen LogP contribution in [0.25, 0.3) is 21.5 Å². The zero-order valence-electron chi connectivity index (χ0n) is 18.9. The largest absolute Gasteiger partial charge is 1.00 e. The van der Waals surface area contributed by atoms with Crippen LogP contribution in [0, 0.1) is 13.8 Å². The fourth-order valence-corrected chi connectivity index (χ4v) is 3.82. The Hall–Kier alpha value is -1.01. The first-order valence-electron chi connectivity index (χ1n) is 10.0. The molecule has 30 heavy (non-hydrogen) atoms. The summed E-state index contributed by atoms with van der Waals surface area (Å²) in [6, 6.07) is 22.2. The predicted octanol–water partition coefficient (Wildman–Crippen LogP) is 1.95. The molecule has 4 rings (SSSR count). The van der Waals surface area contributed by atoms with E-state index < -0.39 is 0 Å². The van der Waals surface area contributed by atoms with Gasteiger partial charge in [0.25, 0.3) is 0 Å². The number of hydrogen-bond donors (Lipinski definition) is 0. The molecule has 0 heterocycles. The van der Waals surface area contributed by atoms with Crippen LogP contribution >= 0.6 is 0 Å². The van der Waals surface area contributed by atoms with Crippen molar-refractivity contribution in [1.82, 2.24) is 0 Å². The van der Waals surface area contributed by atoms with Gasteiger partial charge in [0.15, 0.2) is 0 Å². The number of hydrogen-bond acceptors (Lipinski definition) is 0. The fourth-order valence-electron chi connectivity index (χ4n) is 3.82. The number of fused-ring (bicyclic) bond motifs is 2. The maximum absolute atomic E-state index is 3.34. The smallest absolute Gasteiger partial charge is 1.00 e. The first-order chi connectivity index (χ1) is 13.4. The average Bonchev–Trinajstić information content (AvgIpc) is 3.23. The van der Waals surface area contributed by atoms with Crippen molar-refractivity contribution in [1.29, 1.82) is 0 Å². The predicted molar refractivity (Wildman–Crippen MR) is 124 cm³/mol. The molecule has 0 saturated carbocycles. The zero-order valence-corrected chi connectivity index (χ0v) is 22.9. The van der Waals surface area contributed by atoms with Gasteiger partial charge in [0.05, 0.1) is 0 Å². The Kier molecular flexibility index (Phi) is 13.0. The molecule has 0 saturated heterocycles. The first kappa shape index (κ1) is 29.0. The molecule has 0 aromatic heterocycles. The second-order valence-corrected chi connectivity index (χ2v) is 8.08. The molecular formula is C27H32Cl2Zr-2. The molecule has 0 N–H and O–H groups in total. The molecule has 0 aliphatic heterocycles. The van der Waals surface area contributed by atoms with Gasteiger partial charge in [0.2, 0.25) is 0 Å². The minimum Gasteiger partial charge on any atom is -1.00 e. The van der Waals surface area contributed by atoms with E-state index in [9.17, 15) is 0 Å². The quantitative estimate of drug-likeness (QED) is 0.356. The summed E-state index contributed by atoms with van der Waals surface area (Å²) >= 11 is 1.30. The third kappa shape index (κ3) is 7.01. The Labute approximate surface area is 209 Å². The van der Waals surface area contributed by atoms with E-state index in [2.05, 4.69) is 106 Å². The van der Waals surface area contributed by atoms with Crippen LogP contribution in [0.1, 0.15) is 61.8 Å². The summed E-state index contributed by atoms with van der Waals surface area (Å²) in [5.74, 6) is 1.23. The molecule has 3 heteroatoms. The van der Waals surface area contributed by atoms with E-state index in [0.717, 1.165) is 0 Å². The molecule has 4 aromatic carbocycles. The van der Waals surface area contributed by atoms with Crippen LogP contribution in [-0.4, -0.2) is 4.21 Å². The molecule has 0 spiro atoms. The van der Waals surface area contributed by atoms with Gasteiger partial charge in [-0.15, -0.1) is 69.1 Å². The van der Waals surface area contributed by atoms with Crippen molar-refractivity contribution in [2.24, 2.45) is 0 Å². The molecule has 0 atom stereocenters. The van der Waals surface area contributed by atoms with Gasteiger partial charge in [-0.05, 0) is 11.8 Å². The van der Waals surface area contributed by atoms with Gasteiger partial charge < -0.3 is 24.8 Å². The normalized spacial score (nSPS) is 10.1. The minimum atomic E-state index is 0. The van der Waals surface area contributed by atoms with Gasteiger partial charge >= 0.3 is 28.4 Å². The van der Waals surface area contributed by atoms with Crippen molar-refractivity contribution in [2.45, 2.75) is 53.4 Å². The number of rotatable bonds is 2. The number of halogens is 2. The fraction of sp³-hybridized carbons (Fsp3) is 0.296. The average molecular weight is 519 g/mol. The third-order valence-electron chi connectivity index (χ3n) is 5.10. The van der Waals surface area contributed by atoms with E-state index in [0.29, 0.717) is 11.8 Å². The van der Waals surface area contributed by atoms with Gasteiger partial charge in [0, 0.05) is 0 Å². The Balaban J connectivity index is 0.000000488. The van der Waals surface area contributed by atoms with Crippen LogP contribution in [0.5, 0.6) is 0 Å². The third-order valence-corrected chi connectivity index (χ3v) is 5.10. The summed E-state index contributed by atoms with van der Waals surface area (Å²) in [7, 11) is 0. The summed E-state index contributed by atoms with van der Waals surface area (Å²) in [4.78, 5) is 0. The summed E-state index contributed by atoms with van der Waals surface area (Å²) < 4.78 is 3.34. The van der Waals surface area contributed by atoms with Crippen molar-refractivity contribution in [3.63, 3.8) is 0 Å². The minimum absolute atomic E-state index is 0. The first-order valence-corrected chi connectivity index (χ1v) is 11.8. The van der Waals surface area contributed by atoms with Gasteiger partial charge in [-0.2, -0.15) is 12.1 Å². The molecule has 0 bridgehead atoms. The number of aryl methyl sites for hydroxylation is 2. The Bertz CT molecular complexity index is 954. The summed E-state index contributed by atoms with van der Waals surface area (Å²) in [6.07, 6.45) is 0. The maximum Gasteiger partial charge on any atom is -1.00 e. The molecule has 0 radical (unpaired) electrons. The molecule has 0 aliphatic carbocycles. The van der Waals surface area contributed by atoms with Crippen molar-refractivity contribution in [2.75, 3.05) is 0 Å². The van der Waals surface area contributed by atoms with Crippen LogP contribution in [0.3, 0.4) is 0 Å². The van der Waals surface area contributed by atoms with E-state index >= 15 is 0 Å². The SMILES string of the molecule is Cc1cc2c(C(C)C)cccc2[cH-]1.Cc1cc2c(C(C)C)cccc2[cH-]1.[CH2]=[Zr+2].[Cl-].[Cl-]. The van der Waals surface area contributed by atoms with Crippen LogP contribution in [0.15, 0.2) is 60.7 Å². The molecule has 4 aromatic rings. The summed E-state index contributed by atoms with van der Waals surface area (Å²) in [5.41, 5.74) is 5.66. The van der Waals surface area contributed by atoms with E-state index in [4.69, 9.17) is 0 Å². The number of benzene rings is 2. The monoisotopic (exact) mass is 516 g/mol. The molecule has 0 nitrogen and oxygen atoms in total. The summed E-state index contributed by atoms with van der Waals surface area (Å²) in [6.45, 7) is 13.3.